The summed E-state index contributed by atoms with van der Waals surface area (Å²) in [4.78, 5) is 52.9. The number of hydrogen-bond donors (Lipinski definition) is 0. The number of benzene rings is 2. The van der Waals surface area contributed by atoms with Crippen LogP contribution >= 0.6 is 11.6 Å². The first-order valence-corrected chi connectivity index (χ1v) is 9.66. The average Bonchev–Trinajstić information content (AvgIpc) is 2.98. The van der Waals surface area contributed by atoms with Gasteiger partial charge in [0.15, 0.2) is 0 Å². The van der Waals surface area contributed by atoms with E-state index in [0.29, 0.717) is 31.2 Å². The standard InChI is InChI=1S/C20H17ClN4O5/c21-13-3-1-4-14(11-13)22-7-9-23(10-8-22)17(26)12-24-19(27)15-5-2-6-16(25(29)30)18(15)20(24)28/h1-6,11H,7-10,12H2. The predicted octanol–water partition coefficient (Wildman–Crippen LogP) is 2.19. The Balaban J connectivity index is 1.43. The lowest BCUT2D eigenvalue weighted by atomic mass is 10.1. The summed E-state index contributed by atoms with van der Waals surface area (Å²) in [5.74, 6) is -1.88. The van der Waals surface area contributed by atoms with Gasteiger partial charge in [-0.2, -0.15) is 0 Å². The van der Waals surface area contributed by atoms with Gasteiger partial charge in [0.2, 0.25) is 5.91 Å². The molecule has 0 spiro atoms. The van der Waals surface area contributed by atoms with Gasteiger partial charge in [0.05, 0.1) is 10.5 Å². The maximum atomic E-state index is 12.7. The van der Waals surface area contributed by atoms with Crippen molar-refractivity contribution in [3.05, 3.63) is 68.7 Å². The molecular formula is C20H17ClN4O5. The van der Waals surface area contributed by atoms with Crippen LogP contribution in [0.3, 0.4) is 0 Å². The molecule has 0 saturated carbocycles. The molecule has 0 aromatic heterocycles. The maximum absolute atomic E-state index is 12.7. The molecule has 0 radical (unpaired) electrons. The number of amides is 3. The van der Waals surface area contributed by atoms with Crippen molar-refractivity contribution in [3.63, 3.8) is 0 Å². The highest BCUT2D eigenvalue weighted by Crippen LogP contribution is 2.30. The Bertz CT molecular complexity index is 1060. The van der Waals surface area contributed by atoms with Crippen molar-refractivity contribution in [3.8, 4) is 0 Å². The lowest BCUT2D eigenvalue weighted by Gasteiger charge is -2.36. The van der Waals surface area contributed by atoms with Gasteiger partial charge in [-0.05, 0) is 24.3 Å². The number of nitro benzene ring substituents is 1. The lowest BCUT2D eigenvalue weighted by molar-refractivity contribution is -0.385. The minimum absolute atomic E-state index is 0.0484. The second kappa shape index (κ2) is 7.75. The van der Waals surface area contributed by atoms with Crippen LogP contribution in [-0.2, 0) is 4.79 Å². The normalized spacial score (nSPS) is 16.1. The predicted molar refractivity (Wildman–Crippen MR) is 109 cm³/mol. The van der Waals surface area contributed by atoms with Crippen molar-refractivity contribution in [2.75, 3.05) is 37.6 Å². The van der Waals surface area contributed by atoms with Gasteiger partial charge in [0.1, 0.15) is 12.1 Å². The third-order valence-corrected chi connectivity index (χ3v) is 5.51. The Morgan fingerprint density at radius 3 is 2.40 bits per heavy atom. The largest absolute Gasteiger partial charge is 0.368 e. The van der Waals surface area contributed by atoms with Crippen LogP contribution in [0.25, 0.3) is 0 Å². The van der Waals surface area contributed by atoms with Gasteiger partial charge in [-0.25, -0.2) is 0 Å². The molecule has 154 valence electrons. The molecule has 1 fully saturated rings. The van der Waals surface area contributed by atoms with Crippen LogP contribution in [0, 0.1) is 10.1 Å². The van der Waals surface area contributed by atoms with Crippen LogP contribution in [-0.4, -0.2) is 65.2 Å². The number of fused-ring (bicyclic) bond motifs is 1. The van der Waals surface area contributed by atoms with Gasteiger partial charge in [-0.3, -0.25) is 29.4 Å². The second-order valence-corrected chi connectivity index (χ2v) is 7.44. The minimum atomic E-state index is -0.812. The van der Waals surface area contributed by atoms with Crippen molar-refractivity contribution in [1.29, 1.82) is 0 Å². The summed E-state index contributed by atoms with van der Waals surface area (Å²) in [6.45, 7) is 1.57. The first-order chi connectivity index (χ1) is 14.4. The van der Waals surface area contributed by atoms with Crippen LogP contribution in [0.4, 0.5) is 11.4 Å². The van der Waals surface area contributed by atoms with Crippen molar-refractivity contribution < 1.29 is 19.3 Å². The number of carbonyl (C=O) groups excluding carboxylic acids is 3. The summed E-state index contributed by atoms with van der Waals surface area (Å²) >= 11 is 6.03. The average molecular weight is 429 g/mol. The topological polar surface area (TPSA) is 104 Å². The van der Waals surface area contributed by atoms with Crippen LogP contribution < -0.4 is 4.90 Å². The zero-order chi connectivity index (χ0) is 21.4. The monoisotopic (exact) mass is 428 g/mol. The van der Waals surface area contributed by atoms with Crippen LogP contribution in [0.1, 0.15) is 20.7 Å². The van der Waals surface area contributed by atoms with E-state index in [4.69, 9.17) is 11.6 Å². The molecule has 2 heterocycles. The Labute approximate surface area is 176 Å². The lowest BCUT2D eigenvalue weighted by Crippen LogP contribution is -2.51. The third-order valence-electron chi connectivity index (χ3n) is 5.27. The van der Waals surface area contributed by atoms with Gasteiger partial charge >= 0.3 is 0 Å². The molecule has 0 atom stereocenters. The Morgan fingerprint density at radius 1 is 1.03 bits per heavy atom. The zero-order valence-electron chi connectivity index (χ0n) is 15.8. The maximum Gasteiger partial charge on any atom is 0.282 e. The van der Waals surface area contributed by atoms with E-state index < -0.39 is 29.0 Å². The number of anilines is 1. The fourth-order valence-corrected chi connectivity index (χ4v) is 3.92. The van der Waals surface area contributed by atoms with Gasteiger partial charge in [-0.15, -0.1) is 0 Å². The molecule has 2 aliphatic rings. The molecule has 0 N–H and O–H groups in total. The molecule has 1 saturated heterocycles. The SMILES string of the molecule is O=C(CN1C(=O)c2cccc([N+](=O)[O-])c2C1=O)N1CCN(c2cccc(Cl)c2)CC1. The molecule has 0 bridgehead atoms. The molecule has 0 aliphatic carbocycles. The fraction of sp³-hybridized carbons (Fsp3) is 0.250. The van der Waals surface area contributed by atoms with Crippen LogP contribution in [0.2, 0.25) is 5.02 Å². The third kappa shape index (κ3) is 3.48. The molecule has 4 rings (SSSR count). The summed E-state index contributed by atoms with van der Waals surface area (Å²) in [6, 6.07) is 11.3. The number of rotatable bonds is 4. The fourth-order valence-electron chi connectivity index (χ4n) is 3.73. The summed E-state index contributed by atoms with van der Waals surface area (Å²) in [6.07, 6.45) is 0. The molecule has 2 aliphatic heterocycles. The van der Waals surface area contributed by atoms with Crippen LogP contribution in [0.15, 0.2) is 42.5 Å². The van der Waals surface area contributed by atoms with Crippen molar-refractivity contribution >= 4 is 40.7 Å². The first kappa shape index (κ1) is 19.8. The number of carbonyl (C=O) groups is 3. The quantitative estimate of drug-likeness (QED) is 0.420. The Kier molecular flexibility index (Phi) is 5.13. The van der Waals surface area contributed by atoms with Gasteiger partial charge in [-0.1, -0.05) is 23.7 Å². The number of nitrogens with zero attached hydrogens (tertiary/aromatic N) is 4. The molecule has 0 unspecified atom stereocenters. The molecule has 3 amide bonds. The molecular weight excluding hydrogens is 412 g/mol. The first-order valence-electron chi connectivity index (χ1n) is 9.28. The van der Waals surface area contributed by atoms with E-state index in [2.05, 4.69) is 4.90 Å². The summed E-state index contributed by atoms with van der Waals surface area (Å²) in [5, 5.41) is 11.8. The molecule has 2 aromatic carbocycles. The van der Waals surface area contributed by atoms with Gasteiger partial charge in [0, 0.05) is 43.0 Å². The Morgan fingerprint density at radius 2 is 1.73 bits per heavy atom. The van der Waals surface area contributed by atoms with Crippen LogP contribution in [0.5, 0.6) is 0 Å². The number of hydrogen-bond acceptors (Lipinski definition) is 6. The molecule has 2 aromatic rings. The summed E-state index contributed by atoms with van der Waals surface area (Å²) in [5.41, 5.74) is 0.219. The van der Waals surface area contributed by atoms with E-state index in [0.717, 1.165) is 10.6 Å². The molecule has 9 nitrogen and oxygen atoms in total. The number of halogens is 1. The van der Waals surface area contributed by atoms with E-state index >= 15 is 0 Å². The summed E-state index contributed by atoms with van der Waals surface area (Å²) in [7, 11) is 0. The van der Waals surface area contributed by atoms with E-state index in [-0.39, 0.29) is 17.0 Å². The number of nitro groups is 1. The van der Waals surface area contributed by atoms with Gasteiger partial charge in [0.25, 0.3) is 17.5 Å². The van der Waals surface area contributed by atoms with Crippen molar-refractivity contribution in [2.24, 2.45) is 0 Å². The highest BCUT2D eigenvalue weighted by Gasteiger charge is 2.42. The second-order valence-electron chi connectivity index (χ2n) is 7.00. The highest BCUT2D eigenvalue weighted by atomic mass is 35.5. The zero-order valence-corrected chi connectivity index (χ0v) is 16.5. The van der Waals surface area contributed by atoms with Crippen molar-refractivity contribution in [1.82, 2.24) is 9.80 Å². The van der Waals surface area contributed by atoms with Crippen molar-refractivity contribution in [2.45, 2.75) is 0 Å². The number of imide groups is 1. The highest BCUT2D eigenvalue weighted by molar-refractivity contribution is 6.30. The van der Waals surface area contributed by atoms with Gasteiger partial charge < -0.3 is 9.80 Å². The summed E-state index contributed by atoms with van der Waals surface area (Å²) < 4.78 is 0. The van der Waals surface area contributed by atoms with E-state index in [1.165, 1.54) is 18.2 Å². The van der Waals surface area contributed by atoms with E-state index in [1.54, 1.807) is 11.0 Å². The minimum Gasteiger partial charge on any atom is -0.368 e. The smallest absolute Gasteiger partial charge is 0.282 e. The Hall–Kier alpha value is -3.46. The molecule has 30 heavy (non-hydrogen) atoms. The molecule has 10 heteroatoms. The van der Waals surface area contributed by atoms with E-state index in [1.807, 2.05) is 18.2 Å². The number of piperazine rings is 1. The van der Waals surface area contributed by atoms with E-state index in [9.17, 15) is 24.5 Å².